The Kier molecular flexibility index (Phi) is 4.62. The number of nitro groups is 1. The summed E-state index contributed by atoms with van der Waals surface area (Å²) in [6.07, 6.45) is 1.96. The van der Waals surface area contributed by atoms with Crippen molar-refractivity contribution in [1.82, 2.24) is 9.97 Å². The van der Waals surface area contributed by atoms with Gasteiger partial charge in [-0.05, 0) is 13.3 Å². The largest absolute Gasteiger partial charge is 0.364 e. The second-order valence-electron chi connectivity index (χ2n) is 3.62. The van der Waals surface area contributed by atoms with Crippen molar-refractivity contribution in [3.8, 4) is 0 Å². The lowest BCUT2D eigenvalue weighted by Crippen LogP contribution is -2.10. The molecule has 17 heavy (non-hydrogen) atoms. The minimum absolute atomic E-state index is 0.0555. The zero-order valence-electron chi connectivity index (χ0n) is 10.3. The minimum Gasteiger partial charge on any atom is -0.364 e. The third-order valence-electron chi connectivity index (χ3n) is 2.29. The molecule has 0 aromatic carbocycles. The Labute approximate surface area is 99.8 Å². The van der Waals surface area contributed by atoms with Crippen LogP contribution in [-0.4, -0.2) is 28.5 Å². The average molecular weight is 239 g/mol. The third kappa shape index (κ3) is 3.27. The van der Waals surface area contributed by atoms with Gasteiger partial charge >= 0.3 is 5.69 Å². The molecule has 7 nitrogen and oxygen atoms in total. The number of aryl methyl sites for hydroxylation is 1. The van der Waals surface area contributed by atoms with Crippen LogP contribution in [0, 0.1) is 17.0 Å². The van der Waals surface area contributed by atoms with E-state index in [-0.39, 0.29) is 11.5 Å². The van der Waals surface area contributed by atoms with Crippen LogP contribution in [0.3, 0.4) is 0 Å². The SMILES string of the molecule is CCCCNc1nc(NC)nc(C)c1[N+](=O)[O-]. The summed E-state index contributed by atoms with van der Waals surface area (Å²) in [7, 11) is 1.68. The maximum absolute atomic E-state index is 10.9. The monoisotopic (exact) mass is 239 g/mol. The topological polar surface area (TPSA) is 93.0 Å². The van der Waals surface area contributed by atoms with E-state index in [1.807, 2.05) is 0 Å². The molecule has 0 saturated heterocycles. The fourth-order valence-corrected chi connectivity index (χ4v) is 1.40. The van der Waals surface area contributed by atoms with E-state index in [1.165, 1.54) is 0 Å². The normalized spacial score (nSPS) is 10.1. The number of unbranched alkanes of at least 4 members (excludes halogenated alkanes) is 1. The van der Waals surface area contributed by atoms with Crippen LogP contribution in [0.2, 0.25) is 0 Å². The van der Waals surface area contributed by atoms with E-state index < -0.39 is 4.92 Å². The number of hydrogen-bond acceptors (Lipinski definition) is 6. The van der Waals surface area contributed by atoms with E-state index in [4.69, 9.17) is 0 Å². The molecule has 0 aliphatic carbocycles. The molecule has 0 bridgehead atoms. The first-order valence-corrected chi connectivity index (χ1v) is 5.54. The Balaban J connectivity index is 3.04. The van der Waals surface area contributed by atoms with Crippen molar-refractivity contribution >= 4 is 17.5 Å². The van der Waals surface area contributed by atoms with Gasteiger partial charge in [0.05, 0.1) is 4.92 Å². The quantitative estimate of drug-likeness (QED) is 0.447. The summed E-state index contributed by atoms with van der Waals surface area (Å²) in [6, 6.07) is 0. The van der Waals surface area contributed by atoms with Crippen LogP contribution in [0.25, 0.3) is 0 Å². The number of aromatic nitrogens is 2. The Hall–Kier alpha value is -1.92. The highest BCUT2D eigenvalue weighted by Gasteiger charge is 2.21. The van der Waals surface area contributed by atoms with Crippen LogP contribution < -0.4 is 10.6 Å². The van der Waals surface area contributed by atoms with Crippen LogP contribution >= 0.6 is 0 Å². The molecule has 0 fully saturated rings. The van der Waals surface area contributed by atoms with Crippen molar-refractivity contribution in [2.24, 2.45) is 0 Å². The summed E-state index contributed by atoms with van der Waals surface area (Å²) in [4.78, 5) is 18.6. The van der Waals surface area contributed by atoms with Crippen LogP contribution in [0.15, 0.2) is 0 Å². The molecular weight excluding hydrogens is 222 g/mol. The summed E-state index contributed by atoms with van der Waals surface area (Å²) < 4.78 is 0. The van der Waals surface area contributed by atoms with E-state index in [2.05, 4.69) is 27.5 Å². The van der Waals surface area contributed by atoms with E-state index >= 15 is 0 Å². The van der Waals surface area contributed by atoms with Gasteiger partial charge in [0.1, 0.15) is 5.69 Å². The third-order valence-corrected chi connectivity index (χ3v) is 2.29. The molecule has 1 aromatic heterocycles. The summed E-state index contributed by atoms with van der Waals surface area (Å²) in [5, 5.41) is 16.7. The molecule has 0 saturated carbocycles. The van der Waals surface area contributed by atoms with E-state index in [1.54, 1.807) is 14.0 Å². The maximum Gasteiger partial charge on any atom is 0.332 e. The molecule has 0 aliphatic heterocycles. The number of nitrogens with one attached hydrogen (secondary N) is 2. The molecule has 0 amide bonds. The molecule has 1 aromatic rings. The number of anilines is 2. The fraction of sp³-hybridized carbons (Fsp3) is 0.600. The van der Waals surface area contributed by atoms with Crippen molar-refractivity contribution in [3.05, 3.63) is 15.8 Å². The Morgan fingerprint density at radius 1 is 1.41 bits per heavy atom. The average Bonchev–Trinajstić information content (AvgIpc) is 2.28. The van der Waals surface area contributed by atoms with Gasteiger partial charge in [-0.1, -0.05) is 13.3 Å². The second-order valence-corrected chi connectivity index (χ2v) is 3.62. The highest BCUT2D eigenvalue weighted by molar-refractivity contribution is 5.60. The van der Waals surface area contributed by atoms with Crippen LogP contribution in [-0.2, 0) is 0 Å². The van der Waals surface area contributed by atoms with Gasteiger partial charge in [0.25, 0.3) is 0 Å². The Bertz CT molecular complexity index is 408. The highest BCUT2D eigenvalue weighted by Crippen LogP contribution is 2.26. The zero-order chi connectivity index (χ0) is 12.8. The first kappa shape index (κ1) is 13.1. The molecule has 0 aliphatic rings. The predicted molar refractivity (Wildman–Crippen MR) is 66.4 cm³/mol. The number of hydrogen-bond donors (Lipinski definition) is 2. The van der Waals surface area contributed by atoms with Crippen LogP contribution in [0.5, 0.6) is 0 Å². The summed E-state index contributed by atoms with van der Waals surface area (Å²) in [5.74, 6) is 0.660. The van der Waals surface area contributed by atoms with Gasteiger partial charge < -0.3 is 10.6 Å². The lowest BCUT2D eigenvalue weighted by atomic mass is 10.3. The van der Waals surface area contributed by atoms with E-state index in [9.17, 15) is 10.1 Å². The molecule has 94 valence electrons. The van der Waals surface area contributed by atoms with Gasteiger partial charge in [-0.3, -0.25) is 10.1 Å². The molecule has 7 heteroatoms. The van der Waals surface area contributed by atoms with Gasteiger partial charge in [0, 0.05) is 13.6 Å². The molecule has 0 radical (unpaired) electrons. The number of nitrogens with zero attached hydrogens (tertiary/aromatic N) is 3. The molecule has 1 rings (SSSR count). The Morgan fingerprint density at radius 2 is 2.12 bits per heavy atom. The standard InChI is InChI=1S/C10H17N5O2/c1-4-5-6-12-9-8(15(16)17)7(2)13-10(11-3)14-9/h4-6H2,1-3H3,(H2,11,12,13,14). The fourth-order valence-electron chi connectivity index (χ4n) is 1.40. The first-order chi connectivity index (χ1) is 8.10. The lowest BCUT2D eigenvalue weighted by Gasteiger charge is -2.08. The maximum atomic E-state index is 10.9. The zero-order valence-corrected chi connectivity index (χ0v) is 10.3. The number of rotatable bonds is 6. The Morgan fingerprint density at radius 3 is 2.65 bits per heavy atom. The first-order valence-electron chi connectivity index (χ1n) is 5.54. The van der Waals surface area contributed by atoms with Gasteiger partial charge in [-0.25, -0.2) is 4.98 Å². The van der Waals surface area contributed by atoms with Crippen molar-refractivity contribution < 1.29 is 4.92 Å². The highest BCUT2D eigenvalue weighted by atomic mass is 16.6. The van der Waals surface area contributed by atoms with Crippen LogP contribution in [0.1, 0.15) is 25.5 Å². The predicted octanol–water partition coefficient (Wildman–Crippen LogP) is 1.95. The van der Waals surface area contributed by atoms with Crippen molar-refractivity contribution in [2.75, 3.05) is 24.2 Å². The molecule has 0 spiro atoms. The van der Waals surface area contributed by atoms with Gasteiger partial charge in [-0.15, -0.1) is 0 Å². The van der Waals surface area contributed by atoms with Crippen molar-refractivity contribution in [1.29, 1.82) is 0 Å². The van der Waals surface area contributed by atoms with E-state index in [0.29, 0.717) is 18.2 Å². The van der Waals surface area contributed by atoms with Crippen molar-refractivity contribution in [3.63, 3.8) is 0 Å². The van der Waals surface area contributed by atoms with Crippen molar-refractivity contribution in [2.45, 2.75) is 26.7 Å². The van der Waals surface area contributed by atoms with E-state index in [0.717, 1.165) is 12.8 Å². The lowest BCUT2D eigenvalue weighted by molar-refractivity contribution is -0.385. The van der Waals surface area contributed by atoms with Gasteiger partial charge in [0.15, 0.2) is 0 Å². The van der Waals surface area contributed by atoms with Crippen LogP contribution in [0.4, 0.5) is 17.5 Å². The molecule has 2 N–H and O–H groups in total. The minimum atomic E-state index is -0.455. The molecule has 0 atom stereocenters. The molecule has 0 unspecified atom stereocenters. The molecule has 1 heterocycles. The van der Waals surface area contributed by atoms with Gasteiger partial charge in [-0.2, -0.15) is 4.98 Å². The summed E-state index contributed by atoms with van der Waals surface area (Å²) in [5.41, 5.74) is 0.299. The summed E-state index contributed by atoms with van der Waals surface area (Å²) in [6.45, 7) is 4.32. The smallest absolute Gasteiger partial charge is 0.332 e. The molecular formula is C10H17N5O2. The van der Waals surface area contributed by atoms with Gasteiger partial charge in [0.2, 0.25) is 11.8 Å². The second kappa shape index (κ2) is 5.97. The summed E-state index contributed by atoms with van der Waals surface area (Å²) >= 11 is 0.